The Morgan fingerprint density at radius 3 is 2.28 bits per heavy atom. The summed E-state index contributed by atoms with van der Waals surface area (Å²) in [5.41, 5.74) is -1.25. The summed E-state index contributed by atoms with van der Waals surface area (Å²) in [4.78, 5) is 23.6. The summed E-state index contributed by atoms with van der Waals surface area (Å²) in [6.45, 7) is 1.12. The molecule has 6 nitrogen and oxygen atoms in total. The van der Waals surface area contributed by atoms with E-state index in [9.17, 15) is 14.7 Å². The minimum atomic E-state index is -1.63. The number of carboxylic acids is 1. The number of hydrogen-bond donors (Lipinski definition) is 3. The number of aliphatic carboxylic acids is 1. The van der Waals surface area contributed by atoms with E-state index >= 15 is 0 Å². The van der Waals surface area contributed by atoms with Crippen LogP contribution in [0.15, 0.2) is 48.5 Å². The van der Waals surface area contributed by atoms with Crippen LogP contribution < -0.4 is 15.4 Å². The first-order valence-electron chi connectivity index (χ1n) is 7.27. The predicted octanol–water partition coefficient (Wildman–Crippen LogP) is 4.04. The molecule has 1 atom stereocenters. The van der Waals surface area contributed by atoms with E-state index in [-0.39, 0.29) is 6.54 Å². The Hall–Kier alpha value is -2.44. The lowest BCUT2D eigenvalue weighted by atomic mass is 10.1. The number of halogens is 2. The predicted molar refractivity (Wildman–Crippen MR) is 96.6 cm³/mol. The molecule has 25 heavy (non-hydrogen) atoms. The van der Waals surface area contributed by atoms with Crippen molar-refractivity contribution in [1.29, 1.82) is 0 Å². The van der Waals surface area contributed by atoms with Gasteiger partial charge in [0.15, 0.2) is 0 Å². The maximum atomic E-state index is 12.0. The van der Waals surface area contributed by atoms with Crippen molar-refractivity contribution in [2.24, 2.45) is 0 Å². The van der Waals surface area contributed by atoms with Gasteiger partial charge in [0.2, 0.25) is 5.60 Å². The summed E-state index contributed by atoms with van der Waals surface area (Å²) in [6.07, 6.45) is 0. The second-order valence-electron chi connectivity index (χ2n) is 5.42. The van der Waals surface area contributed by atoms with Gasteiger partial charge in [-0.1, -0.05) is 41.4 Å². The van der Waals surface area contributed by atoms with Crippen molar-refractivity contribution in [3.63, 3.8) is 0 Å². The lowest BCUT2D eigenvalue weighted by Gasteiger charge is -2.26. The number of carboxylic acid groups (broad SMARTS) is 1. The standard InChI is InChI=1S/C17H16Cl2N2O4/c1-17(15(22)23,25-14-5-3-2-4-6-14)10-20-16(24)21-13-8-11(18)7-12(19)9-13/h2-9H,10H2,1H3,(H,22,23)(H2,20,21,24). The molecule has 0 fully saturated rings. The van der Waals surface area contributed by atoms with Crippen molar-refractivity contribution in [3.8, 4) is 5.75 Å². The van der Waals surface area contributed by atoms with Crippen molar-refractivity contribution in [3.05, 3.63) is 58.6 Å². The maximum absolute atomic E-state index is 12.0. The maximum Gasteiger partial charge on any atom is 0.349 e. The fraction of sp³-hybridized carbons (Fsp3) is 0.176. The first kappa shape index (κ1) is 18.9. The smallest absolute Gasteiger partial charge is 0.349 e. The Balaban J connectivity index is 2.00. The Bertz CT molecular complexity index is 750. The summed E-state index contributed by atoms with van der Waals surface area (Å²) in [5.74, 6) is -0.821. The molecule has 0 radical (unpaired) electrons. The van der Waals surface area contributed by atoms with Crippen LogP contribution in [0.2, 0.25) is 10.0 Å². The minimum absolute atomic E-state index is 0.253. The number of carbonyl (C=O) groups excluding carboxylic acids is 1. The van der Waals surface area contributed by atoms with Crippen LogP contribution in [-0.2, 0) is 4.79 Å². The molecule has 0 saturated heterocycles. The topological polar surface area (TPSA) is 87.7 Å². The van der Waals surface area contributed by atoms with Crippen molar-refractivity contribution < 1.29 is 19.4 Å². The van der Waals surface area contributed by atoms with E-state index in [1.807, 2.05) is 0 Å². The van der Waals surface area contributed by atoms with Gasteiger partial charge in [0, 0.05) is 15.7 Å². The number of urea groups is 1. The van der Waals surface area contributed by atoms with E-state index in [2.05, 4.69) is 10.6 Å². The van der Waals surface area contributed by atoms with Crippen LogP contribution in [0.4, 0.5) is 10.5 Å². The van der Waals surface area contributed by atoms with E-state index < -0.39 is 17.6 Å². The molecule has 1 unspecified atom stereocenters. The molecule has 132 valence electrons. The Morgan fingerprint density at radius 1 is 1.12 bits per heavy atom. The third-order valence-electron chi connectivity index (χ3n) is 3.25. The van der Waals surface area contributed by atoms with Gasteiger partial charge in [-0.2, -0.15) is 0 Å². The number of ether oxygens (including phenoxy) is 1. The summed E-state index contributed by atoms with van der Waals surface area (Å²) < 4.78 is 5.52. The highest BCUT2D eigenvalue weighted by Crippen LogP contribution is 2.22. The molecule has 2 aromatic rings. The average molecular weight is 383 g/mol. The molecule has 8 heteroatoms. The number of anilines is 1. The molecule has 0 heterocycles. The molecule has 2 amide bonds. The van der Waals surface area contributed by atoms with E-state index in [4.69, 9.17) is 27.9 Å². The minimum Gasteiger partial charge on any atom is -0.478 e. The number of para-hydroxylation sites is 1. The third-order valence-corrected chi connectivity index (χ3v) is 3.68. The van der Waals surface area contributed by atoms with Gasteiger partial charge in [-0.25, -0.2) is 9.59 Å². The molecule has 0 spiro atoms. The normalized spacial score (nSPS) is 12.8. The fourth-order valence-corrected chi connectivity index (χ4v) is 2.48. The van der Waals surface area contributed by atoms with Crippen LogP contribution in [0.1, 0.15) is 6.92 Å². The Morgan fingerprint density at radius 2 is 1.72 bits per heavy atom. The SMILES string of the molecule is CC(CNC(=O)Nc1cc(Cl)cc(Cl)c1)(Oc1ccccc1)C(=O)O. The van der Waals surface area contributed by atoms with Gasteiger partial charge >= 0.3 is 12.0 Å². The summed E-state index contributed by atoms with van der Waals surface area (Å²) in [7, 11) is 0. The molecular weight excluding hydrogens is 367 g/mol. The second-order valence-corrected chi connectivity index (χ2v) is 6.29. The van der Waals surface area contributed by atoms with Gasteiger partial charge in [0.25, 0.3) is 0 Å². The van der Waals surface area contributed by atoms with E-state index in [0.717, 1.165) is 0 Å². The number of nitrogens with one attached hydrogen (secondary N) is 2. The quantitative estimate of drug-likeness (QED) is 0.703. The zero-order valence-electron chi connectivity index (χ0n) is 13.3. The first-order valence-corrected chi connectivity index (χ1v) is 8.02. The molecule has 0 saturated carbocycles. The zero-order chi connectivity index (χ0) is 18.4. The highest BCUT2D eigenvalue weighted by molar-refractivity contribution is 6.35. The van der Waals surface area contributed by atoms with E-state index in [1.165, 1.54) is 25.1 Å². The van der Waals surface area contributed by atoms with E-state index in [0.29, 0.717) is 21.5 Å². The number of rotatable bonds is 6. The number of carbonyl (C=O) groups is 2. The lowest BCUT2D eigenvalue weighted by molar-refractivity contribution is -0.153. The van der Waals surface area contributed by atoms with Gasteiger partial charge in [0.1, 0.15) is 5.75 Å². The molecule has 2 aromatic carbocycles. The van der Waals surface area contributed by atoms with Crippen molar-refractivity contribution in [2.45, 2.75) is 12.5 Å². The Kier molecular flexibility index (Phi) is 6.12. The molecule has 0 bridgehead atoms. The number of amides is 2. The second kappa shape index (κ2) is 8.09. The Labute approximate surface area is 154 Å². The summed E-state index contributed by atoms with van der Waals surface area (Å²) in [6, 6.07) is 12.5. The van der Waals surface area contributed by atoms with Gasteiger partial charge in [-0.05, 0) is 37.3 Å². The monoisotopic (exact) mass is 382 g/mol. The van der Waals surface area contributed by atoms with Gasteiger partial charge in [-0.15, -0.1) is 0 Å². The van der Waals surface area contributed by atoms with Crippen molar-refractivity contribution in [1.82, 2.24) is 5.32 Å². The molecule has 0 aliphatic heterocycles. The van der Waals surface area contributed by atoms with Crippen LogP contribution in [0.25, 0.3) is 0 Å². The first-order chi connectivity index (χ1) is 11.8. The van der Waals surface area contributed by atoms with Crippen LogP contribution in [0.3, 0.4) is 0 Å². The average Bonchev–Trinajstić information content (AvgIpc) is 2.53. The molecular formula is C17H16Cl2N2O4. The van der Waals surface area contributed by atoms with Gasteiger partial charge in [-0.3, -0.25) is 0 Å². The molecule has 0 aliphatic carbocycles. The third kappa shape index (κ3) is 5.55. The van der Waals surface area contributed by atoms with Gasteiger partial charge in [0.05, 0.1) is 6.54 Å². The zero-order valence-corrected chi connectivity index (χ0v) is 14.8. The summed E-state index contributed by atoms with van der Waals surface area (Å²) >= 11 is 11.7. The fourth-order valence-electron chi connectivity index (χ4n) is 1.95. The highest BCUT2D eigenvalue weighted by atomic mass is 35.5. The highest BCUT2D eigenvalue weighted by Gasteiger charge is 2.36. The molecule has 2 rings (SSSR count). The van der Waals surface area contributed by atoms with Gasteiger partial charge < -0.3 is 20.5 Å². The number of hydrogen-bond acceptors (Lipinski definition) is 3. The molecule has 0 aromatic heterocycles. The molecule has 3 N–H and O–H groups in total. The van der Waals surface area contributed by atoms with Crippen LogP contribution >= 0.6 is 23.2 Å². The lowest BCUT2D eigenvalue weighted by Crippen LogP contribution is -2.51. The van der Waals surface area contributed by atoms with E-state index in [1.54, 1.807) is 30.3 Å². The van der Waals surface area contributed by atoms with Crippen molar-refractivity contribution in [2.75, 3.05) is 11.9 Å². The van der Waals surface area contributed by atoms with Crippen LogP contribution in [0, 0.1) is 0 Å². The molecule has 0 aliphatic rings. The van der Waals surface area contributed by atoms with Crippen LogP contribution in [-0.4, -0.2) is 29.3 Å². The van der Waals surface area contributed by atoms with Crippen LogP contribution in [0.5, 0.6) is 5.75 Å². The van der Waals surface area contributed by atoms with Crippen molar-refractivity contribution >= 4 is 40.9 Å². The number of benzene rings is 2. The summed E-state index contributed by atoms with van der Waals surface area (Å²) in [5, 5.41) is 15.2. The largest absolute Gasteiger partial charge is 0.478 e.